The molecule has 0 fully saturated rings. The Balaban J connectivity index is 1.53. The molecule has 8 heteroatoms. The van der Waals surface area contributed by atoms with Crippen molar-refractivity contribution < 1.29 is 17.6 Å². The third-order valence-corrected chi connectivity index (χ3v) is 5.86. The Hall–Kier alpha value is -3.65. The molecule has 1 aromatic heterocycles. The van der Waals surface area contributed by atoms with E-state index in [9.17, 15) is 13.2 Å². The summed E-state index contributed by atoms with van der Waals surface area (Å²) in [4.78, 5) is 17.0. The predicted molar refractivity (Wildman–Crippen MR) is 115 cm³/mol. The average Bonchev–Trinajstić information content (AvgIpc) is 3.07. The fraction of sp³-hybridized carbons (Fsp3) is 0.0909. The first-order valence-electron chi connectivity index (χ1n) is 9.18. The number of carbonyl (C=O) groups excluding carboxylic acids is 1. The second kappa shape index (κ2) is 7.64. The van der Waals surface area contributed by atoms with Crippen LogP contribution in [-0.2, 0) is 10.0 Å². The van der Waals surface area contributed by atoms with Crippen molar-refractivity contribution in [2.75, 3.05) is 10.0 Å². The van der Waals surface area contributed by atoms with E-state index in [1.165, 1.54) is 18.2 Å². The van der Waals surface area contributed by atoms with E-state index in [2.05, 4.69) is 15.0 Å². The first-order chi connectivity index (χ1) is 14.3. The highest BCUT2D eigenvalue weighted by Crippen LogP contribution is 2.21. The number of aryl methyl sites for hydroxylation is 2. The molecule has 1 amide bonds. The molecular weight excluding hydrogens is 402 g/mol. The van der Waals surface area contributed by atoms with Crippen LogP contribution in [0.4, 0.5) is 11.4 Å². The number of anilines is 2. The van der Waals surface area contributed by atoms with Crippen molar-refractivity contribution in [1.29, 1.82) is 0 Å². The standard InChI is InChI=1S/C22H19N3O4S/c1-14-6-9-19(10-7-14)30(27,28)25-18-5-3-4-16(12-18)22(26)24-17-8-11-21-20(13-17)23-15(2)29-21/h3-13,25H,1-2H3,(H,24,26). The topological polar surface area (TPSA) is 101 Å². The van der Waals surface area contributed by atoms with Gasteiger partial charge in [-0.1, -0.05) is 23.8 Å². The Bertz CT molecular complexity index is 1340. The lowest BCUT2D eigenvalue weighted by molar-refractivity contribution is 0.102. The molecule has 3 aromatic carbocycles. The van der Waals surface area contributed by atoms with Gasteiger partial charge in [-0.3, -0.25) is 9.52 Å². The van der Waals surface area contributed by atoms with E-state index in [1.54, 1.807) is 55.5 Å². The van der Waals surface area contributed by atoms with Crippen molar-refractivity contribution in [3.63, 3.8) is 0 Å². The fourth-order valence-electron chi connectivity index (χ4n) is 2.98. The van der Waals surface area contributed by atoms with Gasteiger partial charge in [-0.05, 0) is 55.5 Å². The lowest BCUT2D eigenvalue weighted by atomic mass is 10.2. The zero-order valence-corrected chi connectivity index (χ0v) is 17.2. The van der Waals surface area contributed by atoms with E-state index in [-0.39, 0.29) is 10.8 Å². The molecule has 0 aliphatic carbocycles. The monoisotopic (exact) mass is 421 g/mol. The van der Waals surface area contributed by atoms with Crippen molar-refractivity contribution in [3.05, 3.63) is 83.7 Å². The summed E-state index contributed by atoms with van der Waals surface area (Å²) >= 11 is 0. The van der Waals surface area contributed by atoms with Gasteiger partial charge in [-0.15, -0.1) is 0 Å². The molecule has 7 nitrogen and oxygen atoms in total. The molecule has 1 heterocycles. The van der Waals surface area contributed by atoms with Crippen molar-refractivity contribution in [3.8, 4) is 0 Å². The lowest BCUT2D eigenvalue weighted by Crippen LogP contribution is -2.15. The molecule has 0 aliphatic heterocycles. The predicted octanol–water partition coefficient (Wildman–Crippen LogP) is 4.50. The van der Waals surface area contributed by atoms with Gasteiger partial charge in [0.1, 0.15) is 5.52 Å². The number of oxazole rings is 1. The molecule has 30 heavy (non-hydrogen) atoms. The maximum atomic E-state index is 12.6. The summed E-state index contributed by atoms with van der Waals surface area (Å²) in [5.41, 5.74) is 3.42. The zero-order chi connectivity index (χ0) is 21.3. The van der Waals surface area contributed by atoms with Gasteiger partial charge in [0.15, 0.2) is 11.5 Å². The summed E-state index contributed by atoms with van der Waals surface area (Å²) < 4.78 is 33.1. The van der Waals surface area contributed by atoms with Gasteiger partial charge in [0.2, 0.25) is 0 Å². The molecule has 0 saturated heterocycles. The number of hydrogen-bond donors (Lipinski definition) is 2. The van der Waals surface area contributed by atoms with Crippen molar-refractivity contribution >= 4 is 38.4 Å². The highest BCUT2D eigenvalue weighted by Gasteiger charge is 2.15. The molecule has 0 spiro atoms. The third-order valence-electron chi connectivity index (χ3n) is 4.46. The number of nitrogens with zero attached hydrogens (tertiary/aromatic N) is 1. The van der Waals surface area contributed by atoms with Crippen LogP contribution in [0.3, 0.4) is 0 Å². The number of rotatable bonds is 5. The van der Waals surface area contributed by atoms with Gasteiger partial charge < -0.3 is 9.73 Å². The molecule has 2 N–H and O–H groups in total. The fourth-order valence-corrected chi connectivity index (χ4v) is 4.03. The number of nitrogens with one attached hydrogen (secondary N) is 2. The summed E-state index contributed by atoms with van der Waals surface area (Å²) in [5, 5.41) is 2.79. The van der Waals surface area contributed by atoms with Crippen LogP contribution in [0.5, 0.6) is 0 Å². The smallest absolute Gasteiger partial charge is 0.261 e. The molecule has 4 rings (SSSR count). The Kier molecular flexibility index (Phi) is 5.01. The zero-order valence-electron chi connectivity index (χ0n) is 16.3. The number of amides is 1. The second-order valence-corrected chi connectivity index (χ2v) is 8.55. The number of hydrogen-bond acceptors (Lipinski definition) is 5. The van der Waals surface area contributed by atoms with Crippen LogP contribution in [0.25, 0.3) is 11.1 Å². The minimum Gasteiger partial charge on any atom is -0.441 e. The van der Waals surface area contributed by atoms with Gasteiger partial charge in [-0.25, -0.2) is 13.4 Å². The first kappa shape index (κ1) is 19.7. The van der Waals surface area contributed by atoms with Crippen LogP contribution in [-0.4, -0.2) is 19.3 Å². The molecule has 0 unspecified atom stereocenters. The largest absolute Gasteiger partial charge is 0.441 e. The molecule has 0 radical (unpaired) electrons. The van der Waals surface area contributed by atoms with Crippen molar-refractivity contribution in [2.45, 2.75) is 18.7 Å². The Labute approximate surface area is 173 Å². The summed E-state index contributed by atoms with van der Waals surface area (Å²) in [6.07, 6.45) is 0. The van der Waals surface area contributed by atoms with Gasteiger partial charge in [0, 0.05) is 23.9 Å². The maximum Gasteiger partial charge on any atom is 0.261 e. The van der Waals surface area contributed by atoms with Gasteiger partial charge >= 0.3 is 0 Å². The number of benzene rings is 3. The summed E-state index contributed by atoms with van der Waals surface area (Å²) in [6, 6.07) is 18.0. The highest BCUT2D eigenvalue weighted by molar-refractivity contribution is 7.92. The Morgan fingerprint density at radius 1 is 0.933 bits per heavy atom. The second-order valence-electron chi connectivity index (χ2n) is 6.87. The minimum atomic E-state index is -3.75. The van der Waals surface area contributed by atoms with Crippen LogP contribution in [0.2, 0.25) is 0 Å². The first-order valence-corrected chi connectivity index (χ1v) is 10.7. The minimum absolute atomic E-state index is 0.152. The molecule has 0 bridgehead atoms. The normalized spacial score (nSPS) is 11.4. The molecule has 0 saturated carbocycles. The number of carbonyl (C=O) groups is 1. The number of fused-ring (bicyclic) bond motifs is 1. The maximum absolute atomic E-state index is 12.6. The van der Waals surface area contributed by atoms with Gasteiger partial charge in [0.25, 0.3) is 15.9 Å². The van der Waals surface area contributed by atoms with Crippen molar-refractivity contribution in [2.24, 2.45) is 0 Å². The third kappa shape index (κ3) is 4.18. The summed E-state index contributed by atoms with van der Waals surface area (Å²) in [7, 11) is -3.75. The SMILES string of the molecule is Cc1ccc(S(=O)(=O)Nc2cccc(C(=O)Nc3ccc4oc(C)nc4c3)c2)cc1. The molecular formula is C22H19N3O4S. The quantitative estimate of drug-likeness (QED) is 0.494. The van der Waals surface area contributed by atoms with E-state index >= 15 is 0 Å². The number of sulfonamides is 1. The van der Waals surface area contributed by atoms with Crippen LogP contribution >= 0.6 is 0 Å². The van der Waals surface area contributed by atoms with E-state index in [4.69, 9.17) is 4.42 Å². The van der Waals surface area contributed by atoms with Gasteiger partial charge in [0.05, 0.1) is 4.90 Å². The van der Waals surface area contributed by atoms with E-state index in [0.29, 0.717) is 33.9 Å². The Morgan fingerprint density at radius 3 is 2.47 bits per heavy atom. The van der Waals surface area contributed by atoms with Crippen LogP contribution in [0, 0.1) is 13.8 Å². The highest BCUT2D eigenvalue weighted by atomic mass is 32.2. The molecule has 4 aromatic rings. The van der Waals surface area contributed by atoms with Crippen LogP contribution in [0.15, 0.2) is 76.0 Å². The van der Waals surface area contributed by atoms with Crippen LogP contribution < -0.4 is 10.0 Å². The summed E-state index contributed by atoms with van der Waals surface area (Å²) in [5.74, 6) is 0.174. The molecule has 0 atom stereocenters. The summed E-state index contributed by atoms with van der Waals surface area (Å²) in [6.45, 7) is 3.63. The van der Waals surface area contributed by atoms with Crippen molar-refractivity contribution in [1.82, 2.24) is 4.98 Å². The number of aromatic nitrogens is 1. The molecule has 152 valence electrons. The van der Waals surface area contributed by atoms with E-state index in [0.717, 1.165) is 5.56 Å². The van der Waals surface area contributed by atoms with E-state index < -0.39 is 10.0 Å². The average molecular weight is 421 g/mol. The van der Waals surface area contributed by atoms with E-state index in [1.807, 2.05) is 6.92 Å². The van der Waals surface area contributed by atoms with Gasteiger partial charge in [-0.2, -0.15) is 0 Å². The Morgan fingerprint density at radius 2 is 1.70 bits per heavy atom. The lowest BCUT2D eigenvalue weighted by Gasteiger charge is -2.10. The van der Waals surface area contributed by atoms with Crippen LogP contribution in [0.1, 0.15) is 21.8 Å². The molecule has 0 aliphatic rings.